The number of methoxy groups -OCH3 is 2. The molecule has 22 heavy (non-hydrogen) atoms. The van der Waals surface area contributed by atoms with Gasteiger partial charge in [-0.3, -0.25) is 0 Å². The van der Waals surface area contributed by atoms with Gasteiger partial charge in [0.25, 0.3) is 0 Å². The normalized spacial score (nSPS) is 14.6. The second-order valence-corrected chi connectivity index (χ2v) is 6.70. The number of nitrogens with zero attached hydrogens (tertiary/aromatic N) is 1. The Labute approximate surface area is 132 Å². The van der Waals surface area contributed by atoms with Crippen molar-refractivity contribution in [3.8, 4) is 5.75 Å². The SMILES string of the molecule is COC(=O)C1=C(S(=O)(=O)c2ccc(OC)cc2)C=NSC=C1. The predicted molar refractivity (Wildman–Crippen MR) is 84.4 cm³/mol. The minimum atomic E-state index is -3.91. The molecule has 1 aromatic rings. The van der Waals surface area contributed by atoms with Gasteiger partial charge >= 0.3 is 5.97 Å². The van der Waals surface area contributed by atoms with Crippen LogP contribution in [0, 0.1) is 0 Å². The molecule has 0 fully saturated rings. The molecule has 0 spiro atoms. The van der Waals surface area contributed by atoms with Crippen molar-refractivity contribution in [2.75, 3.05) is 14.2 Å². The molecule has 116 valence electrons. The summed E-state index contributed by atoms with van der Waals surface area (Å²) in [6, 6.07) is 5.88. The standard InChI is InChI=1S/C14H13NO5S2/c1-19-10-3-5-11(6-4-10)22(17,18)13-9-15-21-8-7-12(13)14(16)20-2/h3-9H,1-2H3. The molecule has 1 aliphatic rings. The average molecular weight is 339 g/mol. The monoisotopic (exact) mass is 339 g/mol. The summed E-state index contributed by atoms with van der Waals surface area (Å²) in [5.41, 5.74) is -0.0629. The Kier molecular flexibility index (Phi) is 5.04. The molecule has 8 heteroatoms. The van der Waals surface area contributed by atoms with Gasteiger partial charge in [0.15, 0.2) is 0 Å². The summed E-state index contributed by atoms with van der Waals surface area (Å²) in [5, 5.41) is 1.51. The van der Waals surface area contributed by atoms with E-state index in [2.05, 4.69) is 9.13 Å². The van der Waals surface area contributed by atoms with Crippen LogP contribution in [-0.4, -0.2) is 34.8 Å². The van der Waals surface area contributed by atoms with Crippen LogP contribution >= 0.6 is 11.9 Å². The smallest absolute Gasteiger partial charge is 0.339 e. The minimum Gasteiger partial charge on any atom is -0.497 e. The highest BCUT2D eigenvalue weighted by Gasteiger charge is 2.27. The van der Waals surface area contributed by atoms with Crippen molar-refractivity contribution in [3.63, 3.8) is 0 Å². The molecule has 1 aliphatic heterocycles. The lowest BCUT2D eigenvalue weighted by Gasteiger charge is -2.09. The molecule has 0 amide bonds. The quantitative estimate of drug-likeness (QED) is 0.617. The molecule has 0 atom stereocenters. The first-order valence-electron chi connectivity index (χ1n) is 6.08. The number of rotatable bonds is 4. The van der Waals surface area contributed by atoms with Crippen LogP contribution in [0.1, 0.15) is 0 Å². The van der Waals surface area contributed by atoms with E-state index >= 15 is 0 Å². The molecule has 0 saturated carbocycles. The Morgan fingerprint density at radius 3 is 2.45 bits per heavy atom. The highest BCUT2D eigenvalue weighted by molar-refractivity contribution is 8.01. The Balaban J connectivity index is 2.59. The number of ether oxygens (including phenoxy) is 2. The van der Waals surface area contributed by atoms with Crippen LogP contribution < -0.4 is 4.74 Å². The second kappa shape index (κ2) is 6.80. The maximum absolute atomic E-state index is 12.7. The van der Waals surface area contributed by atoms with Crippen LogP contribution in [0.5, 0.6) is 5.75 Å². The van der Waals surface area contributed by atoms with E-state index in [0.29, 0.717) is 5.75 Å². The Morgan fingerprint density at radius 2 is 1.86 bits per heavy atom. The van der Waals surface area contributed by atoms with Gasteiger partial charge in [-0.05, 0) is 35.7 Å². The molecule has 0 N–H and O–H groups in total. The van der Waals surface area contributed by atoms with Gasteiger partial charge in [-0.25, -0.2) is 17.6 Å². The van der Waals surface area contributed by atoms with Gasteiger partial charge < -0.3 is 9.47 Å². The van der Waals surface area contributed by atoms with Gasteiger partial charge in [0.05, 0.1) is 30.9 Å². The fraction of sp³-hybridized carbons (Fsp3) is 0.143. The molecule has 0 unspecified atom stereocenters. The van der Waals surface area contributed by atoms with Crippen molar-refractivity contribution in [2.24, 2.45) is 4.40 Å². The Hall–Kier alpha value is -2.06. The fourth-order valence-electron chi connectivity index (χ4n) is 1.74. The number of esters is 1. The van der Waals surface area contributed by atoms with E-state index in [4.69, 9.17) is 4.74 Å². The van der Waals surface area contributed by atoms with E-state index in [1.807, 2.05) is 0 Å². The summed E-state index contributed by atoms with van der Waals surface area (Å²) in [6.45, 7) is 0. The van der Waals surface area contributed by atoms with E-state index in [1.54, 1.807) is 0 Å². The number of hydrogen-bond donors (Lipinski definition) is 0. The third-order valence-corrected chi connectivity index (χ3v) is 5.14. The molecule has 2 rings (SSSR count). The number of hydrogen-bond acceptors (Lipinski definition) is 7. The maximum atomic E-state index is 12.7. The maximum Gasteiger partial charge on any atom is 0.339 e. The fourth-order valence-corrected chi connectivity index (χ4v) is 3.62. The van der Waals surface area contributed by atoms with Crippen molar-refractivity contribution in [1.29, 1.82) is 0 Å². The Bertz CT molecular complexity index is 761. The average Bonchev–Trinajstić information content (AvgIpc) is 2.80. The van der Waals surface area contributed by atoms with Crippen molar-refractivity contribution >= 4 is 34.0 Å². The zero-order valence-electron chi connectivity index (χ0n) is 11.8. The number of sulfone groups is 1. The van der Waals surface area contributed by atoms with Crippen molar-refractivity contribution in [3.05, 3.63) is 46.2 Å². The molecular formula is C14H13NO5S2. The largest absolute Gasteiger partial charge is 0.497 e. The lowest BCUT2D eigenvalue weighted by atomic mass is 10.2. The van der Waals surface area contributed by atoms with Crippen LogP contribution in [0.4, 0.5) is 0 Å². The lowest BCUT2D eigenvalue weighted by Crippen LogP contribution is -2.14. The molecule has 1 heterocycles. The highest BCUT2D eigenvalue weighted by atomic mass is 32.2. The van der Waals surface area contributed by atoms with E-state index in [0.717, 1.165) is 18.2 Å². The van der Waals surface area contributed by atoms with Gasteiger partial charge in [0.1, 0.15) is 10.7 Å². The van der Waals surface area contributed by atoms with Crippen LogP contribution in [0.15, 0.2) is 55.5 Å². The van der Waals surface area contributed by atoms with Crippen molar-refractivity contribution in [2.45, 2.75) is 4.90 Å². The predicted octanol–water partition coefficient (Wildman–Crippen LogP) is 2.14. The van der Waals surface area contributed by atoms with E-state index in [1.165, 1.54) is 50.0 Å². The van der Waals surface area contributed by atoms with Crippen LogP contribution in [0.25, 0.3) is 0 Å². The summed E-state index contributed by atoms with van der Waals surface area (Å²) in [7, 11) is -1.23. The molecule has 6 nitrogen and oxygen atoms in total. The molecule has 0 bridgehead atoms. The van der Waals surface area contributed by atoms with Gasteiger partial charge in [-0.1, -0.05) is 0 Å². The van der Waals surface area contributed by atoms with Crippen LogP contribution in [-0.2, 0) is 19.4 Å². The highest BCUT2D eigenvalue weighted by Crippen LogP contribution is 2.27. The van der Waals surface area contributed by atoms with E-state index in [9.17, 15) is 13.2 Å². The van der Waals surface area contributed by atoms with Crippen LogP contribution in [0.2, 0.25) is 0 Å². The number of carbonyl (C=O) groups excluding carboxylic acids is 1. The molecular weight excluding hydrogens is 326 g/mol. The Morgan fingerprint density at radius 1 is 1.18 bits per heavy atom. The van der Waals surface area contributed by atoms with Gasteiger partial charge in [-0.15, -0.1) is 0 Å². The second-order valence-electron chi connectivity index (χ2n) is 4.09. The third kappa shape index (κ3) is 3.23. The molecule has 0 radical (unpaired) electrons. The summed E-state index contributed by atoms with van der Waals surface area (Å²) in [4.78, 5) is 11.7. The number of benzene rings is 1. The van der Waals surface area contributed by atoms with Gasteiger partial charge in [0.2, 0.25) is 9.84 Å². The lowest BCUT2D eigenvalue weighted by molar-refractivity contribution is -0.135. The summed E-state index contributed by atoms with van der Waals surface area (Å²) >= 11 is 1.02. The number of allylic oxidation sites excluding steroid dienone is 1. The molecule has 0 aliphatic carbocycles. The summed E-state index contributed by atoms with van der Waals surface area (Å²) < 4.78 is 39.0. The topological polar surface area (TPSA) is 82.0 Å². The van der Waals surface area contributed by atoms with Crippen molar-refractivity contribution in [1.82, 2.24) is 0 Å². The summed E-state index contributed by atoms with van der Waals surface area (Å²) in [6.07, 6.45) is 2.52. The first kappa shape index (κ1) is 16.3. The van der Waals surface area contributed by atoms with Crippen molar-refractivity contribution < 1.29 is 22.7 Å². The molecule has 0 aromatic heterocycles. The first-order valence-corrected chi connectivity index (χ1v) is 8.40. The first-order chi connectivity index (χ1) is 10.5. The molecule has 0 saturated heterocycles. The summed E-state index contributed by atoms with van der Waals surface area (Å²) in [5.74, 6) is -0.205. The minimum absolute atomic E-state index is 0.0384. The van der Waals surface area contributed by atoms with Gasteiger partial charge in [-0.2, -0.15) is 0 Å². The number of carbonyl (C=O) groups is 1. The van der Waals surface area contributed by atoms with Gasteiger partial charge in [0, 0.05) is 11.9 Å². The molecule has 1 aromatic carbocycles. The zero-order valence-corrected chi connectivity index (χ0v) is 13.5. The van der Waals surface area contributed by atoms with E-state index < -0.39 is 15.8 Å². The van der Waals surface area contributed by atoms with Crippen LogP contribution in [0.3, 0.4) is 0 Å². The zero-order chi connectivity index (χ0) is 16.2. The van der Waals surface area contributed by atoms with E-state index in [-0.39, 0.29) is 15.4 Å². The third-order valence-electron chi connectivity index (χ3n) is 2.86.